The fourth-order valence-electron chi connectivity index (χ4n) is 1.13. The zero-order valence-electron chi connectivity index (χ0n) is 9.21. The van der Waals surface area contributed by atoms with Crippen molar-refractivity contribution in [3.63, 3.8) is 0 Å². The number of carbonyl (C=O) groups is 1. The van der Waals surface area contributed by atoms with Crippen LogP contribution in [0.1, 0.15) is 23.8 Å². The molecule has 1 rings (SSSR count). The fraction of sp³-hybridized carbons (Fsp3) is 0.400. The molecular formula is C10H13N5O. The molecule has 84 valence electrons. The molecule has 0 bridgehead atoms. The Labute approximate surface area is 93.7 Å². The molecule has 0 radical (unpaired) electrons. The highest BCUT2D eigenvalue weighted by Gasteiger charge is 2.18. The SMILES string of the molecule is CC(CC#N)N(C)C(=O)c1cncc(N)n1. The zero-order chi connectivity index (χ0) is 12.1. The lowest BCUT2D eigenvalue weighted by Crippen LogP contribution is -2.35. The van der Waals surface area contributed by atoms with Crippen LogP contribution in [0, 0.1) is 11.3 Å². The van der Waals surface area contributed by atoms with Crippen LogP contribution in [-0.2, 0) is 0 Å². The van der Waals surface area contributed by atoms with Crippen molar-refractivity contribution in [3.8, 4) is 6.07 Å². The minimum absolute atomic E-state index is 0.166. The smallest absolute Gasteiger partial charge is 0.274 e. The lowest BCUT2D eigenvalue weighted by molar-refractivity contribution is 0.0740. The number of nitrogens with two attached hydrogens (primary N) is 1. The van der Waals surface area contributed by atoms with Gasteiger partial charge in [-0.05, 0) is 6.92 Å². The van der Waals surface area contributed by atoms with Crippen LogP contribution < -0.4 is 5.73 Å². The molecule has 0 spiro atoms. The highest BCUT2D eigenvalue weighted by molar-refractivity contribution is 5.92. The molecule has 1 heterocycles. The van der Waals surface area contributed by atoms with Gasteiger partial charge in [-0.25, -0.2) is 4.98 Å². The summed E-state index contributed by atoms with van der Waals surface area (Å²) in [4.78, 5) is 21.0. The molecule has 6 heteroatoms. The lowest BCUT2D eigenvalue weighted by Gasteiger charge is -2.22. The van der Waals surface area contributed by atoms with Gasteiger partial charge in [-0.3, -0.25) is 9.78 Å². The number of carbonyl (C=O) groups excluding carboxylic acids is 1. The molecule has 0 saturated heterocycles. The first-order valence-electron chi connectivity index (χ1n) is 4.78. The topological polar surface area (TPSA) is 95.9 Å². The maximum atomic E-state index is 11.9. The van der Waals surface area contributed by atoms with Crippen molar-refractivity contribution in [2.24, 2.45) is 0 Å². The van der Waals surface area contributed by atoms with Gasteiger partial charge in [0, 0.05) is 13.1 Å². The second kappa shape index (κ2) is 5.07. The van der Waals surface area contributed by atoms with Crippen LogP contribution in [0.5, 0.6) is 0 Å². The number of anilines is 1. The van der Waals surface area contributed by atoms with E-state index in [4.69, 9.17) is 11.0 Å². The molecule has 0 aromatic carbocycles. The Morgan fingerprint density at radius 2 is 2.38 bits per heavy atom. The van der Waals surface area contributed by atoms with E-state index >= 15 is 0 Å². The Morgan fingerprint density at radius 1 is 1.69 bits per heavy atom. The summed E-state index contributed by atoms with van der Waals surface area (Å²) in [7, 11) is 1.62. The molecule has 1 atom stereocenters. The molecule has 1 aromatic heterocycles. The Balaban J connectivity index is 2.82. The number of rotatable bonds is 3. The van der Waals surface area contributed by atoms with Gasteiger partial charge in [-0.2, -0.15) is 5.26 Å². The Kier molecular flexibility index (Phi) is 3.78. The third kappa shape index (κ3) is 2.67. The maximum Gasteiger partial charge on any atom is 0.274 e. The number of nitriles is 1. The van der Waals surface area contributed by atoms with Gasteiger partial charge in [0.1, 0.15) is 11.5 Å². The van der Waals surface area contributed by atoms with Crippen LogP contribution in [0.4, 0.5) is 5.82 Å². The number of nitrogens with zero attached hydrogens (tertiary/aromatic N) is 4. The van der Waals surface area contributed by atoms with E-state index in [9.17, 15) is 4.79 Å². The van der Waals surface area contributed by atoms with Gasteiger partial charge in [-0.1, -0.05) is 0 Å². The predicted octanol–water partition coefficient (Wildman–Crippen LogP) is 0.433. The molecular weight excluding hydrogens is 206 g/mol. The molecule has 16 heavy (non-hydrogen) atoms. The maximum absolute atomic E-state index is 11.9. The van der Waals surface area contributed by atoms with E-state index in [0.717, 1.165) is 0 Å². The lowest BCUT2D eigenvalue weighted by atomic mass is 10.2. The number of aromatic nitrogens is 2. The summed E-state index contributed by atoms with van der Waals surface area (Å²) in [6.07, 6.45) is 3.00. The summed E-state index contributed by atoms with van der Waals surface area (Å²) in [5, 5.41) is 8.55. The van der Waals surface area contributed by atoms with Crippen molar-refractivity contribution in [2.75, 3.05) is 12.8 Å². The average Bonchev–Trinajstić information content (AvgIpc) is 2.27. The van der Waals surface area contributed by atoms with E-state index in [1.54, 1.807) is 14.0 Å². The first kappa shape index (κ1) is 11.9. The quantitative estimate of drug-likeness (QED) is 0.795. The zero-order valence-corrected chi connectivity index (χ0v) is 9.21. The van der Waals surface area contributed by atoms with E-state index in [0.29, 0.717) is 0 Å². The van der Waals surface area contributed by atoms with E-state index in [1.165, 1.54) is 17.3 Å². The molecule has 2 N–H and O–H groups in total. The Bertz CT molecular complexity index is 425. The number of amides is 1. The number of hydrogen-bond donors (Lipinski definition) is 1. The number of nitrogen functional groups attached to an aromatic ring is 1. The van der Waals surface area contributed by atoms with Crippen LogP contribution in [0.25, 0.3) is 0 Å². The second-order valence-electron chi connectivity index (χ2n) is 3.46. The van der Waals surface area contributed by atoms with Gasteiger partial charge >= 0.3 is 0 Å². The molecule has 1 amide bonds. The highest BCUT2D eigenvalue weighted by Crippen LogP contribution is 2.06. The summed E-state index contributed by atoms with van der Waals surface area (Å²) >= 11 is 0. The first-order chi connectivity index (χ1) is 7.56. The minimum Gasteiger partial charge on any atom is -0.382 e. The summed E-state index contributed by atoms with van der Waals surface area (Å²) < 4.78 is 0. The van der Waals surface area contributed by atoms with Crippen LogP contribution in [0.3, 0.4) is 0 Å². The van der Waals surface area contributed by atoms with E-state index < -0.39 is 0 Å². The van der Waals surface area contributed by atoms with Gasteiger partial charge < -0.3 is 10.6 Å². The third-order valence-electron chi connectivity index (χ3n) is 2.24. The molecule has 0 saturated carbocycles. The molecule has 0 aliphatic rings. The van der Waals surface area contributed by atoms with Crippen LogP contribution >= 0.6 is 0 Å². The molecule has 6 nitrogen and oxygen atoms in total. The van der Waals surface area contributed by atoms with Crippen LogP contribution in [0.2, 0.25) is 0 Å². The van der Waals surface area contributed by atoms with Gasteiger partial charge in [0.05, 0.1) is 24.9 Å². The van der Waals surface area contributed by atoms with Crippen molar-refractivity contribution < 1.29 is 4.79 Å². The van der Waals surface area contributed by atoms with Gasteiger partial charge in [0.2, 0.25) is 0 Å². The van der Waals surface area contributed by atoms with Crippen molar-refractivity contribution >= 4 is 11.7 Å². The van der Waals surface area contributed by atoms with Crippen molar-refractivity contribution in [2.45, 2.75) is 19.4 Å². The van der Waals surface area contributed by atoms with Crippen molar-refractivity contribution in [3.05, 3.63) is 18.1 Å². The van der Waals surface area contributed by atoms with Crippen molar-refractivity contribution in [1.82, 2.24) is 14.9 Å². The summed E-state index contributed by atoms with van der Waals surface area (Å²) in [5.41, 5.74) is 5.62. The van der Waals surface area contributed by atoms with E-state index in [1.807, 2.05) is 6.07 Å². The van der Waals surface area contributed by atoms with Gasteiger partial charge in [0.25, 0.3) is 5.91 Å². The third-order valence-corrected chi connectivity index (χ3v) is 2.24. The predicted molar refractivity (Wildman–Crippen MR) is 58.2 cm³/mol. The normalized spacial score (nSPS) is 11.6. The van der Waals surface area contributed by atoms with Gasteiger partial charge in [0.15, 0.2) is 0 Å². The standard InChI is InChI=1S/C10H13N5O/c1-7(3-4-11)15(2)10(16)8-5-13-6-9(12)14-8/h5-7H,3H2,1-2H3,(H2,12,14). The highest BCUT2D eigenvalue weighted by atomic mass is 16.2. The number of hydrogen-bond acceptors (Lipinski definition) is 5. The van der Waals surface area contributed by atoms with Crippen LogP contribution in [0.15, 0.2) is 12.4 Å². The average molecular weight is 219 g/mol. The molecule has 0 fully saturated rings. The van der Waals surface area contributed by atoms with E-state index in [-0.39, 0.29) is 29.9 Å². The summed E-state index contributed by atoms with van der Waals surface area (Å²) in [5.74, 6) is -0.0882. The van der Waals surface area contributed by atoms with Gasteiger partial charge in [-0.15, -0.1) is 0 Å². The molecule has 0 aliphatic heterocycles. The van der Waals surface area contributed by atoms with Crippen LogP contribution in [-0.4, -0.2) is 33.9 Å². The summed E-state index contributed by atoms with van der Waals surface area (Å²) in [6.45, 7) is 1.79. The van der Waals surface area contributed by atoms with E-state index in [2.05, 4.69) is 9.97 Å². The van der Waals surface area contributed by atoms with Crippen molar-refractivity contribution in [1.29, 1.82) is 5.26 Å². The molecule has 0 aliphatic carbocycles. The Morgan fingerprint density at radius 3 is 2.94 bits per heavy atom. The fourth-order valence-corrected chi connectivity index (χ4v) is 1.13. The monoisotopic (exact) mass is 219 g/mol. The molecule has 1 aromatic rings. The first-order valence-corrected chi connectivity index (χ1v) is 4.78. The minimum atomic E-state index is -0.289. The summed E-state index contributed by atoms with van der Waals surface area (Å²) in [6, 6.07) is 1.85. The molecule has 1 unspecified atom stereocenters. The Hall–Kier alpha value is -2.16. The second-order valence-corrected chi connectivity index (χ2v) is 3.46. The largest absolute Gasteiger partial charge is 0.382 e.